The van der Waals surface area contributed by atoms with Crippen molar-refractivity contribution in [2.75, 3.05) is 14.2 Å². The first-order chi connectivity index (χ1) is 12.2. The van der Waals surface area contributed by atoms with Crippen LogP contribution in [0.15, 0.2) is 12.1 Å². The van der Waals surface area contributed by atoms with Gasteiger partial charge in [0.1, 0.15) is 0 Å². The third-order valence-corrected chi connectivity index (χ3v) is 5.31. The minimum atomic E-state index is -0.342. The molecule has 0 bridgehead atoms. The van der Waals surface area contributed by atoms with Gasteiger partial charge in [-0.05, 0) is 42.5 Å². The van der Waals surface area contributed by atoms with Gasteiger partial charge in [-0.25, -0.2) is 0 Å². The van der Waals surface area contributed by atoms with Crippen LogP contribution < -0.4 is 14.8 Å². The quantitative estimate of drug-likeness (QED) is 0.705. The number of H-pyrrole nitrogens is 1. The third kappa shape index (κ3) is 1.64. The second-order valence-corrected chi connectivity index (χ2v) is 6.44. The molecule has 2 N–H and O–H groups in total. The van der Waals surface area contributed by atoms with Gasteiger partial charge in [0.15, 0.2) is 11.5 Å². The molecule has 2 heterocycles. The minimum absolute atomic E-state index is 0.295. The summed E-state index contributed by atoms with van der Waals surface area (Å²) in [5.74, 6) is 0.523. The molecular weight excluding hydrogens is 320 g/mol. The SMILES string of the molecule is COc1ccc2[nH]c3c4c(c5c(c3c2c1OC)C(=O)NC5=O)CCC4. The molecule has 0 atom stereocenters. The maximum absolute atomic E-state index is 12.6. The topological polar surface area (TPSA) is 80.4 Å². The maximum atomic E-state index is 12.6. The first-order valence-corrected chi connectivity index (χ1v) is 8.25. The van der Waals surface area contributed by atoms with Gasteiger partial charge in [-0.2, -0.15) is 0 Å². The van der Waals surface area contributed by atoms with E-state index in [0.717, 1.165) is 52.2 Å². The number of carbonyl (C=O) groups excluding carboxylic acids is 2. The smallest absolute Gasteiger partial charge is 0.259 e. The largest absolute Gasteiger partial charge is 0.493 e. The monoisotopic (exact) mass is 336 g/mol. The van der Waals surface area contributed by atoms with Crippen LogP contribution in [-0.2, 0) is 12.8 Å². The Morgan fingerprint density at radius 2 is 1.68 bits per heavy atom. The molecule has 0 fully saturated rings. The Kier molecular flexibility index (Phi) is 2.72. The number of aryl methyl sites for hydroxylation is 1. The molecule has 2 amide bonds. The minimum Gasteiger partial charge on any atom is -0.493 e. The molecule has 0 saturated heterocycles. The molecule has 0 unspecified atom stereocenters. The highest BCUT2D eigenvalue weighted by Crippen LogP contribution is 2.46. The zero-order valence-corrected chi connectivity index (χ0v) is 13.9. The normalized spacial score (nSPS) is 15.6. The van der Waals surface area contributed by atoms with Crippen molar-refractivity contribution in [3.05, 3.63) is 34.4 Å². The highest BCUT2D eigenvalue weighted by molar-refractivity contribution is 6.32. The Balaban J connectivity index is 2.07. The average molecular weight is 336 g/mol. The summed E-state index contributed by atoms with van der Waals surface area (Å²) in [6, 6.07) is 3.75. The molecule has 5 rings (SSSR count). The van der Waals surface area contributed by atoms with Gasteiger partial charge in [-0.15, -0.1) is 0 Å². The van der Waals surface area contributed by atoms with E-state index in [-0.39, 0.29) is 11.8 Å². The van der Waals surface area contributed by atoms with E-state index in [4.69, 9.17) is 9.47 Å². The summed E-state index contributed by atoms with van der Waals surface area (Å²) in [4.78, 5) is 28.4. The lowest BCUT2D eigenvalue weighted by atomic mass is 9.93. The van der Waals surface area contributed by atoms with Crippen LogP contribution in [-0.4, -0.2) is 31.0 Å². The van der Waals surface area contributed by atoms with E-state index in [1.807, 2.05) is 12.1 Å². The number of methoxy groups -OCH3 is 2. The number of imide groups is 1. The number of rotatable bonds is 2. The van der Waals surface area contributed by atoms with E-state index in [2.05, 4.69) is 10.3 Å². The summed E-state index contributed by atoms with van der Waals surface area (Å²) in [7, 11) is 3.16. The lowest BCUT2D eigenvalue weighted by molar-refractivity contribution is 0.0880. The predicted octanol–water partition coefficient (Wildman–Crippen LogP) is 2.71. The molecule has 3 aromatic rings. The first-order valence-electron chi connectivity index (χ1n) is 8.25. The molecule has 0 saturated carbocycles. The highest BCUT2D eigenvalue weighted by atomic mass is 16.5. The zero-order chi connectivity index (χ0) is 17.3. The predicted molar refractivity (Wildman–Crippen MR) is 92.7 cm³/mol. The number of aromatic amines is 1. The molecule has 6 nitrogen and oxygen atoms in total. The van der Waals surface area contributed by atoms with E-state index >= 15 is 0 Å². The molecule has 0 radical (unpaired) electrons. The van der Waals surface area contributed by atoms with Crippen molar-refractivity contribution in [2.45, 2.75) is 19.3 Å². The van der Waals surface area contributed by atoms with Crippen LogP contribution in [0.2, 0.25) is 0 Å². The third-order valence-electron chi connectivity index (χ3n) is 5.31. The number of benzene rings is 2. The summed E-state index contributed by atoms with van der Waals surface area (Å²) in [6.07, 6.45) is 2.70. The van der Waals surface area contributed by atoms with E-state index in [1.54, 1.807) is 14.2 Å². The Bertz CT molecular complexity index is 1110. The van der Waals surface area contributed by atoms with E-state index in [1.165, 1.54) is 0 Å². The van der Waals surface area contributed by atoms with Crippen LogP contribution in [0.4, 0.5) is 0 Å². The fourth-order valence-corrected chi connectivity index (χ4v) is 4.35. The van der Waals surface area contributed by atoms with Crippen LogP contribution in [0.25, 0.3) is 21.8 Å². The number of fused-ring (bicyclic) bond motifs is 8. The lowest BCUT2D eigenvalue weighted by Gasteiger charge is -2.10. The van der Waals surface area contributed by atoms with E-state index in [0.29, 0.717) is 22.6 Å². The highest BCUT2D eigenvalue weighted by Gasteiger charge is 2.37. The van der Waals surface area contributed by atoms with Crippen LogP contribution in [0.5, 0.6) is 11.5 Å². The van der Waals surface area contributed by atoms with Gasteiger partial charge in [0.25, 0.3) is 11.8 Å². The fraction of sp³-hybridized carbons (Fsp3) is 0.263. The summed E-state index contributed by atoms with van der Waals surface area (Å²) in [5, 5.41) is 4.00. The van der Waals surface area contributed by atoms with Crippen molar-refractivity contribution < 1.29 is 19.1 Å². The molecule has 1 aliphatic carbocycles. The summed E-state index contributed by atoms with van der Waals surface area (Å²) >= 11 is 0. The molecule has 25 heavy (non-hydrogen) atoms. The van der Waals surface area contributed by atoms with Gasteiger partial charge in [0, 0.05) is 5.39 Å². The number of hydrogen-bond donors (Lipinski definition) is 2. The average Bonchev–Trinajstić information content (AvgIpc) is 3.29. The number of carbonyl (C=O) groups is 2. The van der Waals surface area contributed by atoms with Gasteiger partial charge in [0.05, 0.1) is 41.8 Å². The number of ether oxygens (including phenoxy) is 2. The first kappa shape index (κ1) is 14.3. The van der Waals surface area contributed by atoms with Crippen LogP contribution in [0, 0.1) is 0 Å². The van der Waals surface area contributed by atoms with Crippen LogP contribution in [0.3, 0.4) is 0 Å². The Morgan fingerprint density at radius 3 is 2.44 bits per heavy atom. The van der Waals surface area contributed by atoms with Gasteiger partial charge >= 0.3 is 0 Å². The molecular formula is C19H16N2O4. The molecule has 126 valence electrons. The zero-order valence-electron chi connectivity index (χ0n) is 13.9. The molecule has 1 aliphatic heterocycles. The summed E-state index contributed by atoms with van der Waals surface area (Å²) < 4.78 is 11.0. The lowest BCUT2D eigenvalue weighted by Crippen LogP contribution is -2.20. The van der Waals surface area contributed by atoms with Crippen molar-refractivity contribution in [1.29, 1.82) is 0 Å². The molecule has 2 aliphatic rings. The number of nitrogens with one attached hydrogen (secondary N) is 2. The second kappa shape index (κ2) is 4.75. The van der Waals surface area contributed by atoms with Gasteiger partial charge in [-0.1, -0.05) is 0 Å². The van der Waals surface area contributed by atoms with Gasteiger partial charge in [-0.3, -0.25) is 14.9 Å². The summed E-state index contributed by atoms with van der Waals surface area (Å²) in [5.41, 5.74) is 4.92. The standard InChI is InChI=1S/C19H16N2O4/c1-24-11-7-6-10-13(17(11)25-2)14-15-12(18(22)21-19(15)23)8-4-3-5-9(8)16(14)20-10/h6-7,20H,3-5H2,1-2H3,(H,21,22,23). The molecule has 2 aromatic carbocycles. The number of hydrogen-bond acceptors (Lipinski definition) is 4. The maximum Gasteiger partial charge on any atom is 0.259 e. The summed E-state index contributed by atoms with van der Waals surface area (Å²) in [6.45, 7) is 0. The van der Waals surface area contributed by atoms with Crippen molar-refractivity contribution in [1.82, 2.24) is 10.3 Å². The second-order valence-electron chi connectivity index (χ2n) is 6.44. The Morgan fingerprint density at radius 1 is 0.920 bits per heavy atom. The van der Waals surface area contributed by atoms with Crippen LogP contribution >= 0.6 is 0 Å². The van der Waals surface area contributed by atoms with Gasteiger partial charge < -0.3 is 14.5 Å². The van der Waals surface area contributed by atoms with Crippen molar-refractivity contribution in [3.8, 4) is 11.5 Å². The van der Waals surface area contributed by atoms with E-state index in [9.17, 15) is 9.59 Å². The van der Waals surface area contributed by atoms with Crippen molar-refractivity contribution >= 4 is 33.6 Å². The van der Waals surface area contributed by atoms with Crippen molar-refractivity contribution in [2.24, 2.45) is 0 Å². The number of amides is 2. The number of aromatic nitrogens is 1. The van der Waals surface area contributed by atoms with E-state index < -0.39 is 0 Å². The molecule has 1 aromatic heterocycles. The van der Waals surface area contributed by atoms with Crippen molar-refractivity contribution in [3.63, 3.8) is 0 Å². The molecule has 0 spiro atoms. The Hall–Kier alpha value is -3.02. The molecule has 6 heteroatoms. The van der Waals surface area contributed by atoms with Gasteiger partial charge in [0.2, 0.25) is 0 Å². The fourth-order valence-electron chi connectivity index (χ4n) is 4.35. The van der Waals surface area contributed by atoms with Crippen LogP contribution in [0.1, 0.15) is 38.3 Å². The Labute approximate surface area is 143 Å².